The summed E-state index contributed by atoms with van der Waals surface area (Å²) in [4.78, 5) is 14.3. The van der Waals surface area contributed by atoms with Crippen LogP contribution in [0.15, 0.2) is 59.5 Å². The van der Waals surface area contributed by atoms with Gasteiger partial charge in [0, 0.05) is 12.2 Å². The summed E-state index contributed by atoms with van der Waals surface area (Å²) in [6, 6.07) is 15.3. The number of nitrogens with zero attached hydrogens (tertiary/aromatic N) is 1. The van der Waals surface area contributed by atoms with Gasteiger partial charge in [-0.25, -0.2) is 13.6 Å². The van der Waals surface area contributed by atoms with Crippen molar-refractivity contribution in [3.05, 3.63) is 60.2 Å². The quantitative estimate of drug-likeness (QED) is 0.833. The summed E-state index contributed by atoms with van der Waals surface area (Å²) < 4.78 is 22.4. The number of hydrogen-bond donors (Lipinski definition) is 2. The van der Waals surface area contributed by atoms with Gasteiger partial charge in [0.05, 0.1) is 10.9 Å². The zero-order valence-corrected chi connectivity index (χ0v) is 14.5. The number of benzene rings is 2. The molecule has 0 radical (unpaired) electrons. The molecule has 1 amide bonds. The SMILES string of the molecule is CC(C(=O)Nc1ccc(S(N)(=O)=O)cc1)N(C)Cc1ccccc1. The number of amides is 1. The summed E-state index contributed by atoms with van der Waals surface area (Å²) in [5.74, 6) is -0.170. The maximum atomic E-state index is 12.3. The van der Waals surface area contributed by atoms with Gasteiger partial charge in [-0.1, -0.05) is 30.3 Å². The number of carbonyl (C=O) groups excluding carboxylic acids is 1. The van der Waals surface area contributed by atoms with Crippen molar-refractivity contribution in [1.29, 1.82) is 0 Å². The summed E-state index contributed by atoms with van der Waals surface area (Å²) in [7, 11) is -1.86. The predicted octanol–water partition coefficient (Wildman–Crippen LogP) is 1.79. The standard InChI is InChI=1S/C17H21N3O3S/c1-13(20(2)12-14-6-4-3-5-7-14)17(21)19-15-8-10-16(11-9-15)24(18,22)23/h3-11,13H,12H2,1-2H3,(H,19,21)(H2,18,22,23). The van der Waals surface area contributed by atoms with Crippen LogP contribution in [-0.4, -0.2) is 32.3 Å². The normalized spacial score (nSPS) is 12.8. The number of nitrogens with two attached hydrogens (primary N) is 1. The lowest BCUT2D eigenvalue weighted by atomic mass is 10.2. The van der Waals surface area contributed by atoms with E-state index in [0.29, 0.717) is 12.2 Å². The van der Waals surface area contributed by atoms with Crippen LogP contribution in [0, 0.1) is 0 Å². The molecule has 6 nitrogen and oxygen atoms in total. The van der Waals surface area contributed by atoms with Gasteiger partial charge in [0.25, 0.3) is 0 Å². The second-order valence-corrected chi connectivity index (χ2v) is 7.20. The summed E-state index contributed by atoms with van der Waals surface area (Å²) in [6.07, 6.45) is 0. The smallest absolute Gasteiger partial charge is 0.241 e. The van der Waals surface area contributed by atoms with Crippen LogP contribution < -0.4 is 10.5 Å². The first-order chi connectivity index (χ1) is 11.3. The molecular weight excluding hydrogens is 326 g/mol. The number of likely N-dealkylation sites (N-methyl/N-ethyl adjacent to an activating group) is 1. The Morgan fingerprint density at radius 1 is 1.12 bits per heavy atom. The molecule has 3 N–H and O–H groups in total. The molecule has 0 aliphatic heterocycles. The molecular formula is C17H21N3O3S. The maximum absolute atomic E-state index is 12.3. The van der Waals surface area contributed by atoms with Crippen molar-refractivity contribution >= 4 is 21.6 Å². The average Bonchev–Trinajstić information content (AvgIpc) is 2.54. The van der Waals surface area contributed by atoms with Gasteiger partial charge in [-0.05, 0) is 43.8 Å². The highest BCUT2D eigenvalue weighted by Gasteiger charge is 2.18. The van der Waals surface area contributed by atoms with E-state index in [1.165, 1.54) is 24.3 Å². The van der Waals surface area contributed by atoms with Gasteiger partial charge in [-0.3, -0.25) is 9.69 Å². The lowest BCUT2D eigenvalue weighted by molar-refractivity contribution is -0.120. The molecule has 7 heteroatoms. The summed E-state index contributed by atoms with van der Waals surface area (Å²) in [5.41, 5.74) is 1.64. The molecule has 0 saturated heterocycles. The van der Waals surface area contributed by atoms with Crippen LogP contribution >= 0.6 is 0 Å². The molecule has 1 atom stereocenters. The summed E-state index contributed by atoms with van der Waals surface area (Å²) >= 11 is 0. The minimum atomic E-state index is -3.73. The lowest BCUT2D eigenvalue weighted by Gasteiger charge is -2.24. The number of primary sulfonamides is 1. The summed E-state index contributed by atoms with van der Waals surface area (Å²) in [5, 5.41) is 7.82. The fourth-order valence-electron chi connectivity index (χ4n) is 2.18. The van der Waals surface area contributed by atoms with Crippen LogP contribution in [0.2, 0.25) is 0 Å². The molecule has 0 aliphatic carbocycles. The molecule has 24 heavy (non-hydrogen) atoms. The van der Waals surface area contributed by atoms with Crippen LogP contribution in [0.25, 0.3) is 0 Å². The van der Waals surface area contributed by atoms with Crippen molar-refractivity contribution in [2.45, 2.75) is 24.4 Å². The molecule has 0 fully saturated rings. The van der Waals surface area contributed by atoms with Crippen LogP contribution in [-0.2, 0) is 21.4 Å². The van der Waals surface area contributed by atoms with E-state index in [1.54, 1.807) is 0 Å². The fourth-order valence-corrected chi connectivity index (χ4v) is 2.70. The molecule has 2 aromatic carbocycles. The molecule has 0 heterocycles. The van der Waals surface area contributed by atoms with E-state index in [1.807, 2.05) is 49.2 Å². The van der Waals surface area contributed by atoms with Crippen molar-refractivity contribution < 1.29 is 13.2 Å². The van der Waals surface area contributed by atoms with Crippen LogP contribution in [0.4, 0.5) is 5.69 Å². The average molecular weight is 347 g/mol. The fraction of sp³-hybridized carbons (Fsp3) is 0.235. The minimum absolute atomic E-state index is 0.00902. The lowest BCUT2D eigenvalue weighted by Crippen LogP contribution is -2.39. The molecule has 0 aromatic heterocycles. The third kappa shape index (κ3) is 4.89. The van der Waals surface area contributed by atoms with Gasteiger partial charge < -0.3 is 5.32 Å². The van der Waals surface area contributed by atoms with Gasteiger partial charge in [-0.2, -0.15) is 0 Å². The highest BCUT2D eigenvalue weighted by molar-refractivity contribution is 7.89. The number of hydrogen-bond acceptors (Lipinski definition) is 4. The number of nitrogens with one attached hydrogen (secondary N) is 1. The first-order valence-corrected chi connectivity index (χ1v) is 9.00. The van der Waals surface area contributed by atoms with Gasteiger partial charge in [-0.15, -0.1) is 0 Å². The molecule has 2 aromatic rings. The van der Waals surface area contributed by atoms with Crippen molar-refractivity contribution in [1.82, 2.24) is 4.90 Å². The Bertz CT molecular complexity index is 790. The molecule has 1 unspecified atom stereocenters. The number of carbonyl (C=O) groups is 1. The molecule has 0 aliphatic rings. The molecule has 0 spiro atoms. The van der Waals surface area contributed by atoms with E-state index < -0.39 is 10.0 Å². The molecule has 2 rings (SSSR count). The first kappa shape index (κ1) is 18.1. The first-order valence-electron chi connectivity index (χ1n) is 7.45. The van der Waals surface area contributed by atoms with E-state index in [2.05, 4.69) is 5.32 Å². The molecule has 0 saturated carbocycles. The van der Waals surface area contributed by atoms with Crippen molar-refractivity contribution in [2.75, 3.05) is 12.4 Å². The largest absolute Gasteiger partial charge is 0.325 e. The Morgan fingerprint density at radius 2 is 1.71 bits per heavy atom. The van der Waals surface area contributed by atoms with E-state index in [-0.39, 0.29) is 16.8 Å². The minimum Gasteiger partial charge on any atom is -0.325 e. The molecule has 128 valence electrons. The number of rotatable bonds is 6. The second kappa shape index (κ2) is 7.57. The van der Waals surface area contributed by atoms with Crippen molar-refractivity contribution in [2.24, 2.45) is 5.14 Å². The predicted molar refractivity (Wildman–Crippen MR) is 93.8 cm³/mol. The van der Waals surface area contributed by atoms with E-state index in [0.717, 1.165) is 5.56 Å². The van der Waals surface area contributed by atoms with E-state index in [9.17, 15) is 13.2 Å². The van der Waals surface area contributed by atoms with Gasteiger partial charge in [0.1, 0.15) is 0 Å². The monoisotopic (exact) mass is 347 g/mol. The second-order valence-electron chi connectivity index (χ2n) is 5.64. The zero-order valence-electron chi connectivity index (χ0n) is 13.6. The highest BCUT2D eigenvalue weighted by atomic mass is 32.2. The van der Waals surface area contributed by atoms with E-state index >= 15 is 0 Å². The third-order valence-corrected chi connectivity index (χ3v) is 4.70. The van der Waals surface area contributed by atoms with Gasteiger partial charge in [0.2, 0.25) is 15.9 Å². The topological polar surface area (TPSA) is 92.5 Å². The maximum Gasteiger partial charge on any atom is 0.241 e. The van der Waals surface area contributed by atoms with Crippen LogP contribution in [0.3, 0.4) is 0 Å². The van der Waals surface area contributed by atoms with Gasteiger partial charge in [0.15, 0.2) is 0 Å². The molecule has 0 bridgehead atoms. The Kier molecular flexibility index (Phi) is 5.71. The Labute approximate surface area is 142 Å². The summed E-state index contributed by atoms with van der Waals surface area (Å²) in [6.45, 7) is 2.47. The number of anilines is 1. The Balaban J connectivity index is 1.98. The van der Waals surface area contributed by atoms with Crippen molar-refractivity contribution in [3.63, 3.8) is 0 Å². The van der Waals surface area contributed by atoms with Crippen LogP contribution in [0.5, 0.6) is 0 Å². The van der Waals surface area contributed by atoms with Crippen molar-refractivity contribution in [3.8, 4) is 0 Å². The zero-order chi connectivity index (χ0) is 17.7. The van der Waals surface area contributed by atoms with Crippen LogP contribution in [0.1, 0.15) is 12.5 Å². The van der Waals surface area contributed by atoms with E-state index in [4.69, 9.17) is 5.14 Å². The Hall–Kier alpha value is -2.22. The highest BCUT2D eigenvalue weighted by Crippen LogP contribution is 2.14. The number of sulfonamides is 1. The Morgan fingerprint density at radius 3 is 2.25 bits per heavy atom. The van der Waals surface area contributed by atoms with Gasteiger partial charge >= 0.3 is 0 Å². The third-order valence-electron chi connectivity index (χ3n) is 3.77.